The van der Waals surface area contributed by atoms with Gasteiger partial charge in [-0.2, -0.15) is 0 Å². The van der Waals surface area contributed by atoms with Gasteiger partial charge in [0.25, 0.3) is 0 Å². The van der Waals surface area contributed by atoms with Gasteiger partial charge in [0, 0.05) is 41.2 Å². The maximum Gasteiger partial charge on any atom is 0.242 e. The molecule has 2 aromatic rings. The van der Waals surface area contributed by atoms with E-state index in [1.807, 2.05) is 39.8 Å². The molecule has 2 unspecified atom stereocenters. The summed E-state index contributed by atoms with van der Waals surface area (Å²) < 4.78 is 26.5. The Hall–Kier alpha value is -2.29. The fraction of sp³-hybridized carbons (Fsp3) is 0.481. The normalized spacial score (nSPS) is 13.1. The van der Waals surface area contributed by atoms with E-state index in [-0.39, 0.29) is 43.8 Å². The van der Waals surface area contributed by atoms with Gasteiger partial charge in [-0.25, -0.2) is 8.42 Å². The number of nitrogens with one attached hydrogen (secondary N) is 1. The predicted octanol–water partition coefficient (Wildman–Crippen LogP) is 5.49. The lowest BCUT2D eigenvalue weighted by molar-refractivity contribution is -0.140. The molecule has 0 aliphatic carbocycles. The molecule has 0 aliphatic heterocycles. The van der Waals surface area contributed by atoms with Crippen LogP contribution in [0.15, 0.2) is 36.4 Å². The molecule has 0 spiro atoms. The highest BCUT2D eigenvalue weighted by molar-refractivity contribution is 7.92. The molecule has 2 amide bonds. The Morgan fingerprint density at radius 3 is 2.19 bits per heavy atom. The smallest absolute Gasteiger partial charge is 0.242 e. The zero-order chi connectivity index (χ0) is 27.9. The van der Waals surface area contributed by atoms with Gasteiger partial charge in [0.1, 0.15) is 6.04 Å². The quantitative estimate of drug-likeness (QED) is 0.366. The van der Waals surface area contributed by atoms with E-state index in [1.165, 1.54) is 9.21 Å². The summed E-state index contributed by atoms with van der Waals surface area (Å²) in [7, 11) is -3.57. The van der Waals surface area contributed by atoms with Gasteiger partial charge in [-0.15, -0.1) is 0 Å². The first-order chi connectivity index (χ1) is 17.3. The van der Waals surface area contributed by atoms with E-state index in [1.54, 1.807) is 31.2 Å². The van der Waals surface area contributed by atoms with Gasteiger partial charge in [-0.1, -0.05) is 48.3 Å². The van der Waals surface area contributed by atoms with E-state index in [2.05, 4.69) is 5.32 Å². The minimum atomic E-state index is -3.57. The lowest BCUT2D eigenvalue weighted by atomic mass is 10.1. The highest BCUT2D eigenvalue weighted by atomic mass is 35.5. The van der Waals surface area contributed by atoms with Crippen LogP contribution in [0.5, 0.6) is 0 Å². The molecule has 2 rings (SSSR count). The van der Waals surface area contributed by atoms with Crippen LogP contribution < -0.4 is 9.62 Å². The van der Waals surface area contributed by atoms with E-state index in [0.29, 0.717) is 21.3 Å². The molecule has 0 radical (unpaired) electrons. The third kappa shape index (κ3) is 8.35. The molecule has 2 atom stereocenters. The van der Waals surface area contributed by atoms with Crippen molar-refractivity contribution in [2.24, 2.45) is 0 Å². The van der Waals surface area contributed by atoms with Gasteiger partial charge in [-0.05, 0) is 69.9 Å². The van der Waals surface area contributed by atoms with E-state index in [4.69, 9.17) is 23.2 Å². The molecule has 0 heterocycles. The summed E-state index contributed by atoms with van der Waals surface area (Å²) in [5, 5.41) is 3.72. The van der Waals surface area contributed by atoms with Crippen LogP contribution in [0.1, 0.15) is 56.7 Å². The minimum Gasteiger partial charge on any atom is -0.352 e. The van der Waals surface area contributed by atoms with Crippen LogP contribution in [0.25, 0.3) is 0 Å². The molecule has 204 valence electrons. The number of carbonyl (C=O) groups is 2. The van der Waals surface area contributed by atoms with E-state index < -0.39 is 16.1 Å². The molecule has 0 aromatic heterocycles. The summed E-state index contributed by atoms with van der Waals surface area (Å²) in [6.07, 6.45) is 2.22. The maximum absolute atomic E-state index is 13.5. The molecule has 2 aromatic carbocycles. The van der Waals surface area contributed by atoms with Crippen molar-refractivity contribution in [3.63, 3.8) is 0 Å². The van der Waals surface area contributed by atoms with Crippen LogP contribution in [0.4, 0.5) is 5.69 Å². The first kappa shape index (κ1) is 30.9. The summed E-state index contributed by atoms with van der Waals surface area (Å²) in [5.74, 6) is -0.573. The van der Waals surface area contributed by atoms with Crippen LogP contribution in [0, 0.1) is 13.8 Å². The van der Waals surface area contributed by atoms with E-state index in [0.717, 1.165) is 23.8 Å². The number of rotatable bonds is 12. The molecule has 7 nitrogen and oxygen atoms in total. The lowest BCUT2D eigenvalue weighted by Gasteiger charge is -2.31. The largest absolute Gasteiger partial charge is 0.352 e. The van der Waals surface area contributed by atoms with Gasteiger partial charge in [-0.3, -0.25) is 13.9 Å². The number of hydrogen-bond donors (Lipinski definition) is 1. The predicted molar refractivity (Wildman–Crippen MR) is 152 cm³/mol. The molecule has 0 aliphatic rings. The number of sulfonamides is 1. The molecule has 1 N–H and O–H groups in total. The van der Waals surface area contributed by atoms with E-state index >= 15 is 0 Å². The molecule has 0 saturated heterocycles. The number of hydrogen-bond acceptors (Lipinski definition) is 4. The van der Waals surface area contributed by atoms with Crippen molar-refractivity contribution in [2.45, 2.75) is 72.5 Å². The number of aryl methyl sites for hydroxylation is 1. The Bertz CT molecular complexity index is 1200. The highest BCUT2D eigenvalue weighted by Crippen LogP contribution is 2.28. The molecule has 37 heavy (non-hydrogen) atoms. The zero-order valence-corrected chi connectivity index (χ0v) is 24.7. The molecule has 0 saturated carbocycles. The second-order valence-electron chi connectivity index (χ2n) is 9.37. The number of benzene rings is 2. The monoisotopic (exact) mass is 569 g/mol. The average molecular weight is 571 g/mol. The third-order valence-corrected chi connectivity index (χ3v) is 8.44. The Labute approximate surface area is 231 Å². The number of carbonyl (C=O) groups excluding carboxylic acids is 2. The zero-order valence-electron chi connectivity index (χ0n) is 22.3. The van der Waals surface area contributed by atoms with Crippen LogP contribution in [0.3, 0.4) is 0 Å². The molecular formula is C27H37Cl2N3O4S. The summed E-state index contributed by atoms with van der Waals surface area (Å²) in [6.45, 7) is 9.51. The van der Waals surface area contributed by atoms with Crippen LogP contribution in [0.2, 0.25) is 10.0 Å². The SMILES string of the molecule is CCC(C)NC(=O)C(C)N(Cc1c(Cl)cccc1Cl)C(=O)CCCN(c1cccc(C)c1C)S(C)(=O)=O. The Balaban J connectivity index is 2.27. The topological polar surface area (TPSA) is 86.8 Å². The molecule has 10 heteroatoms. The van der Waals surface area contributed by atoms with Gasteiger partial charge < -0.3 is 10.2 Å². The van der Waals surface area contributed by atoms with Crippen molar-refractivity contribution in [1.82, 2.24) is 10.2 Å². The van der Waals surface area contributed by atoms with Crippen LogP contribution in [-0.4, -0.2) is 50.0 Å². The maximum atomic E-state index is 13.5. The lowest BCUT2D eigenvalue weighted by Crippen LogP contribution is -2.49. The van der Waals surface area contributed by atoms with E-state index in [9.17, 15) is 18.0 Å². The fourth-order valence-electron chi connectivity index (χ4n) is 3.89. The summed E-state index contributed by atoms with van der Waals surface area (Å²) in [6, 6.07) is 9.76. The van der Waals surface area contributed by atoms with Gasteiger partial charge in [0.05, 0.1) is 11.9 Å². The van der Waals surface area contributed by atoms with Gasteiger partial charge in [0.15, 0.2) is 0 Å². The number of anilines is 1. The first-order valence-electron chi connectivity index (χ1n) is 12.3. The number of nitrogens with zero attached hydrogens (tertiary/aromatic N) is 2. The summed E-state index contributed by atoms with van der Waals surface area (Å²) >= 11 is 12.7. The Kier molecular flexibility index (Phi) is 11.3. The van der Waals surface area contributed by atoms with Gasteiger partial charge in [0.2, 0.25) is 21.8 Å². The van der Waals surface area contributed by atoms with Crippen molar-refractivity contribution in [3.05, 3.63) is 63.1 Å². The van der Waals surface area contributed by atoms with Crippen molar-refractivity contribution in [3.8, 4) is 0 Å². The number of amides is 2. The second kappa shape index (κ2) is 13.5. The minimum absolute atomic E-state index is 0.0416. The fourth-order valence-corrected chi connectivity index (χ4v) is 5.42. The standard InChI is InChI=1S/C27H37Cl2N3O4S/c1-7-19(3)30-27(34)21(5)31(17-22-23(28)12-9-13-24(22)29)26(33)15-10-16-32(37(6,35)36)25-14-8-11-18(2)20(25)4/h8-9,11-14,19,21H,7,10,15-17H2,1-6H3,(H,30,34). The van der Waals surface area contributed by atoms with Crippen molar-refractivity contribution >= 4 is 50.7 Å². The Morgan fingerprint density at radius 1 is 1.03 bits per heavy atom. The third-order valence-electron chi connectivity index (χ3n) is 6.56. The average Bonchev–Trinajstić information content (AvgIpc) is 2.82. The van der Waals surface area contributed by atoms with Crippen molar-refractivity contribution < 1.29 is 18.0 Å². The molecular weight excluding hydrogens is 533 g/mol. The van der Waals surface area contributed by atoms with Crippen LogP contribution >= 0.6 is 23.2 Å². The first-order valence-corrected chi connectivity index (χ1v) is 14.9. The van der Waals surface area contributed by atoms with Crippen molar-refractivity contribution in [1.29, 1.82) is 0 Å². The van der Waals surface area contributed by atoms with Gasteiger partial charge >= 0.3 is 0 Å². The highest BCUT2D eigenvalue weighted by Gasteiger charge is 2.28. The van der Waals surface area contributed by atoms with Crippen LogP contribution in [-0.2, 0) is 26.2 Å². The number of halogens is 2. The molecule has 0 fully saturated rings. The summed E-state index contributed by atoms with van der Waals surface area (Å²) in [5.41, 5.74) is 2.99. The van der Waals surface area contributed by atoms with Crippen molar-refractivity contribution in [2.75, 3.05) is 17.1 Å². The Morgan fingerprint density at radius 2 is 1.62 bits per heavy atom. The second-order valence-corrected chi connectivity index (χ2v) is 12.1. The summed E-state index contributed by atoms with van der Waals surface area (Å²) in [4.78, 5) is 27.8. The molecule has 0 bridgehead atoms.